The monoisotopic (exact) mass is 326 g/mol. The summed E-state index contributed by atoms with van der Waals surface area (Å²) in [6.45, 7) is 4.83. The summed E-state index contributed by atoms with van der Waals surface area (Å²) < 4.78 is 4.90. The molecule has 0 radical (unpaired) electrons. The van der Waals surface area contributed by atoms with Crippen molar-refractivity contribution in [3.8, 4) is 0 Å². The molecule has 0 fully saturated rings. The zero-order valence-electron chi connectivity index (χ0n) is 14.2. The molecule has 0 aromatic heterocycles. The molecule has 0 unspecified atom stereocenters. The molecule has 5 nitrogen and oxygen atoms in total. The minimum Gasteiger partial charge on any atom is -0.383 e. The van der Waals surface area contributed by atoms with Crippen molar-refractivity contribution in [2.75, 3.05) is 25.6 Å². The maximum Gasteiger partial charge on any atom is 0.255 e. The molecule has 0 spiro atoms. The Morgan fingerprint density at radius 2 is 1.67 bits per heavy atom. The van der Waals surface area contributed by atoms with Crippen molar-refractivity contribution in [2.24, 2.45) is 0 Å². The maximum absolute atomic E-state index is 12.4. The van der Waals surface area contributed by atoms with Crippen LogP contribution < -0.4 is 10.6 Å². The van der Waals surface area contributed by atoms with Crippen LogP contribution in [0.3, 0.4) is 0 Å². The van der Waals surface area contributed by atoms with Crippen LogP contribution in [0.25, 0.3) is 0 Å². The smallest absolute Gasteiger partial charge is 0.255 e. The van der Waals surface area contributed by atoms with Crippen LogP contribution in [-0.4, -0.2) is 32.1 Å². The molecule has 2 rings (SSSR count). The number of anilines is 1. The first-order valence-electron chi connectivity index (χ1n) is 7.77. The van der Waals surface area contributed by atoms with Gasteiger partial charge in [-0.1, -0.05) is 18.2 Å². The number of carbonyl (C=O) groups excluding carboxylic acids is 2. The quantitative estimate of drug-likeness (QED) is 0.802. The van der Waals surface area contributed by atoms with Crippen LogP contribution in [0.15, 0.2) is 42.5 Å². The van der Waals surface area contributed by atoms with Gasteiger partial charge in [-0.25, -0.2) is 0 Å². The number of benzene rings is 2. The third-order valence-electron chi connectivity index (χ3n) is 3.83. The van der Waals surface area contributed by atoms with E-state index in [0.717, 1.165) is 16.8 Å². The Labute approximate surface area is 142 Å². The summed E-state index contributed by atoms with van der Waals surface area (Å²) in [4.78, 5) is 24.5. The molecule has 2 N–H and O–H groups in total. The van der Waals surface area contributed by atoms with Gasteiger partial charge in [0.15, 0.2) is 0 Å². The van der Waals surface area contributed by atoms with Crippen LogP contribution in [-0.2, 0) is 4.74 Å². The van der Waals surface area contributed by atoms with Crippen LogP contribution in [0.5, 0.6) is 0 Å². The molecule has 0 saturated carbocycles. The summed E-state index contributed by atoms with van der Waals surface area (Å²) >= 11 is 0. The van der Waals surface area contributed by atoms with Crippen LogP contribution in [0.2, 0.25) is 0 Å². The van der Waals surface area contributed by atoms with Gasteiger partial charge in [-0.05, 0) is 49.2 Å². The normalized spacial score (nSPS) is 10.3. The molecule has 24 heavy (non-hydrogen) atoms. The largest absolute Gasteiger partial charge is 0.383 e. The minimum atomic E-state index is -0.241. The molecule has 0 saturated heterocycles. The Morgan fingerprint density at radius 3 is 2.38 bits per heavy atom. The second-order valence-corrected chi connectivity index (χ2v) is 5.53. The number of hydrogen-bond donors (Lipinski definition) is 2. The van der Waals surface area contributed by atoms with E-state index >= 15 is 0 Å². The summed E-state index contributed by atoms with van der Waals surface area (Å²) in [6.07, 6.45) is 0. The molecule has 126 valence electrons. The highest BCUT2D eigenvalue weighted by Gasteiger charge is 2.11. The van der Waals surface area contributed by atoms with Crippen molar-refractivity contribution in [1.82, 2.24) is 5.32 Å². The third-order valence-corrected chi connectivity index (χ3v) is 3.83. The number of nitrogens with one attached hydrogen (secondary N) is 2. The molecule has 0 bridgehead atoms. The minimum absolute atomic E-state index is 0.228. The maximum atomic E-state index is 12.4. The Balaban J connectivity index is 2.11. The zero-order chi connectivity index (χ0) is 17.5. The lowest BCUT2D eigenvalue weighted by Gasteiger charge is -2.11. The number of rotatable bonds is 6. The van der Waals surface area contributed by atoms with E-state index in [1.807, 2.05) is 32.0 Å². The summed E-state index contributed by atoms with van der Waals surface area (Å²) in [5.74, 6) is -0.469. The summed E-state index contributed by atoms with van der Waals surface area (Å²) in [6, 6.07) is 12.4. The van der Waals surface area contributed by atoms with Gasteiger partial charge < -0.3 is 15.4 Å². The molecule has 0 aliphatic rings. The van der Waals surface area contributed by atoms with Crippen LogP contribution in [0, 0.1) is 13.8 Å². The summed E-state index contributed by atoms with van der Waals surface area (Å²) in [5, 5.41) is 5.63. The van der Waals surface area contributed by atoms with Crippen molar-refractivity contribution >= 4 is 17.5 Å². The lowest BCUT2D eigenvalue weighted by atomic mass is 10.1. The van der Waals surface area contributed by atoms with Gasteiger partial charge in [-0.2, -0.15) is 0 Å². The van der Waals surface area contributed by atoms with E-state index in [1.54, 1.807) is 31.4 Å². The highest BCUT2D eigenvalue weighted by Crippen LogP contribution is 2.19. The van der Waals surface area contributed by atoms with E-state index < -0.39 is 0 Å². The molecule has 0 aliphatic heterocycles. The molecule has 2 aromatic carbocycles. The van der Waals surface area contributed by atoms with Gasteiger partial charge in [0.1, 0.15) is 0 Å². The van der Waals surface area contributed by atoms with Crippen molar-refractivity contribution in [3.63, 3.8) is 0 Å². The van der Waals surface area contributed by atoms with E-state index in [1.165, 1.54) is 0 Å². The molecule has 0 atom stereocenters. The van der Waals surface area contributed by atoms with E-state index in [0.29, 0.717) is 24.3 Å². The Kier molecular flexibility index (Phi) is 6.09. The molecular weight excluding hydrogens is 304 g/mol. The average Bonchev–Trinajstić information content (AvgIpc) is 2.59. The summed E-state index contributed by atoms with van der Waals surface area (Å²) in [7, 11) is 1.57. The Bertz CT molecular complexity index is 741. The SMILES string of the molecule is COCCNC(=O)c1cccc(C(=O)Nc2cccc(C)c2C)c1. The number of hydrogen-bond acceptors (Lipinski definition) is 3. The predicted octanol–water partition coefficient (Wildman–Crippen LogP) is 2.93. The van der Waals surface area contributed by atoms with Gasteiger partial charge in [-0.3, -0.25) is 9.59 Å². The van der Waals surface area contributed by atoms with Gasteiger partial charge in [0.2, 0.25) is 0 Å². The fourth-order valence-corrected chi connectivity index (χ4v) is 2.25. The van der Waals surface area contributed by atoms with E-state index in [2.05, 4.69) is 10.6 Å². The molecule has 5 heteroatoms. The van der Waals surface area contributed by atoms with Crippen molar-refractivity contribution < 1.29 is 14.3 Å². The third kappa shape index (κ3) is 4.43. The van der Waals surface area contributed by atoms with Crippen LogP contribution >= 0.6 is 0 Å². The Hall–Kier alpha value is -2.66. The topological polar surface area (TPSA) is 67.4 Å². The number of methoxy groups -OCH3 is 1. The lowest BCUT2D eigenvalue weighted by Crippen LogP contribution is -2.27. The fourth-order valence-electron chi connectivity index (χ4n) is 2.25. The van der Waals surface area contributed by atoms with E-state index in [-0.39, 0.29) is 11.8 Å². The molecular formula is C19H22N2O3. The molecule has 0 aliphatic carbocycles. The second-order valence-electron chi connectivity index (χ2n) is 5.53. The van der Waals surface area contributed by atoms with Gasteiger partial charge in [0.25, 0.3) is 11.8 Å². The first-order chi connectivity index (χ1) is 11.5. The number of carbonyl (C=O) groups is 2. The summed E-state index contributed by atoms with van der Waals surface area (Å²) in [5.41, 5.74) is 3.79. The van der Waals surface area contributed by atoms with E-state index in [9.17, 15) is 9.59 Å². The molecule has 2 amide bonds. The van der Waals surface area contributed by atoms with Crippen LogP contribution in [0.4, 0.5) is 5.69 Å². The fraction of sp³-hybridized carbons (Fsp3) is 0.263. The number of ether oxygens (including phenoxy) is 1. The van der Waals surface area contributed by atoms with Crippen molar-refractivity contribution in [2.45, 2.75) is 13.8 Å². The Morgan fingerprint density at radius 1 is 1.00 bits per heavy atom. The van der Waals surface area contributed by atoms with Crippen molar-refractivity contribution in [3.05, 3.63) is 64.7 Å². The molecule has 2 aromatic rings. The first kappa shape index (κ1) is 17.7. The highest BCUT2D eigenvalue weighted by atomic mass is 16.5. The number of amides is 2. The van der Waals surface area contributed by atoms with Gasteiger partial charge in [-0.15, -0.1) is 0 Å². The van der Waals surface area contributed by atoms with E-state index in [4.69, 9.17) is 4.74 Å². The average molecular weight is 326 g/mol. The highest BCUT2D eigenvalue weighted by molar-refractivity contribution is 6.06. The van der Waals surface area contributed by atoms with Gasteiger partial charge in [0.05, 0.1) is 6.61 Å². The number of aryl methyl sites for hydroxylation is 1. The van der Waals surface area contributed by atoms with Crippen molar-refractivity contribution in [1.29, 1.82) is 0 Å². The zero-order valence-corrected chi connectivity index (χ0v) is 14.2. The predicted molar refractivity (Wildman–Crippen MR) is 94.5 cm³/mol. The van der Waals surface area contributed by atoms with Gasteiger partial charge >= 0.3 is 0 Å². The molecule has 0 heterocycles. The van der Waals surface area contributed by atoms with Gasteiger partial charge in [0, 0.05) is 30.5 Å². The first-order valence-corrected chi connectivity index (χ1v) is 7.77. The standard InChI is InChI=1S/C19H22N2O3/c1-13-6-4-9-17(14(13)2)21-19(23)16-8-5-7-15(12-16)18(22)20-10-11-24-3/h4-9,12H,10-11H2,1-3H3,(H,20,22)(H,21,23). The lowest BCUT2D eigenvalue weighted by molar-refractivity contribution is 0.0937. The van der Waals surface area contributed by atoms with Crippen LogP contribution in [0.1, 0.15) is 31.8 Å². The second kappa shape index (κ2) is 8.26.